The number of Topliss-reactive ketones (excluding diaryl/α,β-unsaturated/α-hetero) is 1. The topological polar surface area (TPSA) is 93.1 Å². The largest absolute Gasteiger partial charge is 0.481 e. The van der Waals surface area contributed by atoms with Crippen LogP contribution in [-0.2, 0) is 11.2 Å². The number of carboxylic acids is 1. The molecular formula is C31H33NO6S. The summed E-state index contributed by atoms with van der Waals surface area (Å²) in [6, 6.07) is 20.5. The molecule has 1 aliphatic rings. The summed E-state index contributed by atoms with van der Waals surface area (Å²) < 4.78 is 11.0. The molecule has 1 saturated heterocycles. The molecule has 1 N–H and O–H groups in total. The van der Waals surface area contributed by atoms with E-state index in [9.17, 15) is 14.4 Å². The van der Waals surface area contributed by atoms with Crippen molar-refractivity contribution in [3.63, 3.8) is 0 Å². The van der Waals surface area contributed by atoms with Crippen molar-refractivity contribution >= 4 is 29.6 Å². The Hall–Kier alpha value is -3.78. The number of rotatable bonds is 10. The highest BCUT2D eigenvalue weighted by Gasteiger charge is 2.40. The monoisotopic (exact) mass is 547 g/mol. The van der Waals surface area contributed by atoms with Crippen molar-refractivity contribution in [2.45, 2.75) is 31.6 Å². The third-order valence-corrected chi connectivity index (χ3v) is 7.77. The number of thioether (sulfide) groups is 1. The number of ether oxygens (including phenoxy) is 2. The van der Waals surface area contributed by atoms with E-state index in [0.29, 0.717) is 43.0 Å². The lowest BCUT2D eigenvalue weighted by molar-refractivity contribution is -0.139. The summed E-state index contributed by atoms with van der Waals surface area (Å²) in [5.41, 5.74) is 3.46. The van der Waals surface area contributed by atoms with E-state index in [1.807, 2.05) is 74.7 Å². The highest BCUT2D eigenvalue weighted by atomic mass is 32.2. The zero-order valence-electron chi connectivity index (χ0n) is 22.4. The second-order valence-corrected chi connectivity index (χ2v) is 10.7. The van der Waals surface area contributed by atoms with Gasteiger partial charge in [0, 0.05) is 29.5 Å². The van der Waals surface area contributed by atoms with Gasteiger partial charge in [0.1, 0.15) is 11.5 Å². The Morgan fingerprint density at radius 2 is 1.64 bits per heavy atom. The second-order valence-electron chi connectivity index (χ2n) is 9.83. The standard InChI is InChI=1S/C31H33NO6S/c1-20-15-22(16-21(2)30(20)37-19-28(33)34)9-10-24-17-32(31(36)38-25-7-5-4-6-8-25)18-27(24)29(35)23-11-13-26(39-3)14-12-23/h4-8,11-16,24,27H,9-10,17-19H2,1-3H3,(H,33,34)/t24-,27-/m1/s1. The molecule has 0 bridgehead atoms. The van der Waals surface area contributed by atoms with Gasteiger partial charge in [-0.25, -0.2) is 9.59 Å². The molecule has 3 aromatic carbocycles. The van der Waals surface area contributed by atoms with E-state index in [1.165, 1.54) is 0 Å². The Morgan fingerprint density at radius 1 is 0.974 bits per heavy atom. The number of ketones is 1. The molecule has 0 radical (unpaired) electrons. The SMILES string of the molecule is CSc1ccc(C(=O)[C@@H]2CN(C(=O)Oc3ccccc3)C[C@H]2CCc2cc(C)c(OCC(=O)O)c(C)c2)cc1. The fourth-order valence-electron chi connectivity index (χ4n) is 5.13. The van der Waals surface area contributed by atoms with Gasteiger partial charge >= 0.3 is 12.1 Å². The van der Waals surface area contributed by atoms with Gasteiger partial charge < -0.3 is 19.5 Å². The molecule has 2 atom stereocenters. The van der Waals surface area contributed by atoms with E-state index in [4.69, 9.17) is 14.6 Å². The van der Waals surface area contributed by atoms with Crippen LogP contribution in [0.15, 0.2) is 71.6 Å². The smallest absolute Gasteiger partial charge is 0.415 e. The van der Waals surface area contributed by atoms with Gasteiger partial charge in [-0.15, -0.1) is 11.8 Å². The Bertz CT molecular complexity index is 1300. The zero-order valence-corrected chi connectivity index (χ0v) is 23.2. The number of nitrogens with zero attached hydrogens (tertiary/aromatic N) is 1. The van der Waals surface area contributed by atoms with Crippen LogP contribution >= 0.6 is 11.8 Å². The molecule has 7 nitrogen and oxygen atoms in total. The van der Waals surface area contributed by atoms with Crippen molar-refractivity contribution in [3.05, 3.63) is 89.0 Å². The molecule has 1 fully saturated rings. The number of carbonyl (C=O) groups excluding carboxylic acids is 2. The molecule has 0 unspecified atom stereocenters. The van der Waals surface area contributed by atoms with Gasteiger partial charge in [0.15, 0.2) is 12.4 Å². The van der Waals surface area contributed by atoms with Gasteiger partial charge in [-0.05, 0) is 79.8 Å². The molecule has 1 amide bonds. The minimum absolute atomic E-state index is 0.0347. The van der Waals surface area contributed by atoms with E-state index < -0.39 is 12.1 Å². The van der Waals surface area contributed by atoms with Gasteiger partial charge in [-0.1, -0.05) is 42.5 Å². The molecule has 39 heavy (non-hydrogen) atoms. The van der Waals surface area contributed by atoms with Crippen LogP contribution in [0.2, 0.25) is 0 Å². The average Bonchev–Trinajstić information content (AvgIpc) is 3.36. The minimum atomic E-state index is -1.02. The summed E-state index contributed by atoms with van der Waals surface area (Å²) in [5.74, 6) is -0.310. The number of amides is 1. The maximum atomic E-state index is 13.6. The first-order valence-electron chi connectivity index (χ1n) is 12.9. The summed E-state index contributed by atoms with van der Waals surface area (Å²) in [6.07, 6.45) is 2.96. The van der Waals surface area contributed by atoms with E-state index in [0.717, 1.165) is 21.6 Å². The van der Waals surface area contributed by atoms with Crippen LogP contribution in [-0.4, -0.2) is 53.8 Å². The minimum Gasteiger partial charge on any atom is -0.481 e. The van der Waals surface area contributed by atoms with Crippen LogP contribution in [0.3, 0.4) is 0 Å². The number of benzene rings is 3. The predicted molar refractivity (Wildman–Crippen MR) is 151 cm³/mol. The molecular weight excluding hydrogens is 514 g/mol. The van der Waals surface area contributed by atoms with Gasteiger partial charge in [0.2, 0.25) is 0 Å². The van der Waals surface area contributed by atoms with Crippen molar-refractivity contribution in [3.8, 4) is 11.5 Å². The highest BCUT2D eigenvalue weighted by Crippen LogP contribution is 2.33. The third-order valence-electron chi connectivity index (χ3n) is 7.02. The summed E-state index contributed by atoms with van der Waals surface area (Å²) in [5, 5.41) is 8.95. The Balaban J connectivity index is 1.50. The first kappa shape index (κ1) is 28.2. The van der Waals surface area contributed by atoms with Gasteiger partial charge in [0.25, 0.3) is 0 Å². The molecule has 1 heterocycles. The zero-order chi connectivity index (χ0) is 27.9. The van der Waals surface area contributed by atoms with Gasteiger partial charge in [-0.2, -0.15) is 0 Å². The maximum absolute atomic E-state index is 13.6. The molecule has 1 aliphatic heterocycles. The van der Waals surface area contributed by atoms with Crippen LogP contribution in [0.4, 0.5) is 4.79 Å². The molecule has 4 rings (SSSR count). The quantitative estimate of drug-likeness (QED) is 0.244. The fraction of sp³-hybridized carbons (Fsp3) is 0.323. The average molecular weight is 548 g/mol. The fourth-order valence-corrected chi connectivity index (χ4v) is 5.54. The van der Waals surface area contributed by atoms with Crippen LogP contribution in [0.1, 0.15) is 33.5 Å². The van der Waals surface area contributed by atoms with Crippen molar-refractivity contribution in [2.24, 2.45) is 11.8 Å². The van der Waals surface area contributed by atoms with Crippen LogP contribution in [0.25, 0.3) is 0 Å². The molecule has 0 spiro atoms. The number of aryl methyl sites for hydroxylation is 3. The van der Waals surface area contributed by atoms with Gasteiger partial charge in [-0.3, -0.25) is 4.79 Å². The Kier molecular flexibility index (Phi) is 9.30. The lowest BCUT2D eigenvalue weighted by Crippen LogP contribution is -2.32. The summed E-state index contributed by atoms with van der Waals surface area (Å²) in [7, 11) is 0. The van der Waals surface area contributed by atoms with Crippen molar-refractivity contribution < 1.29 is 29.0 Å². The summed E-state index contributed by atoms with van der Waals surface area (Å²) in [6.45, 7) is 4.15. The van der Waals surface area contributed by atoms with Crippen molar-refractivity contribution in [1.82, 2.24) is 4.90 Å². The van der Waals surface area contributed by atoms with E-state index in [-0.39, 0.29) is 24.2 Å². The number of aliphatic carboxylic acids is 1. The third kappa shape index (κ3) is 7.20. The summed E-state index contributed by atoms with van der Waals surface area (Å²) in [4.78, 5) is 40.3. The Morgan fingerprint density at radius 3 is 2.26 bits per heavy atom. The number of para-hydroxylation sites is 1. The van der Waals surface area contributed by atoms with Crippen molar-refractivity contribution in [2.75, 3.05) is 26.0 Å². The molecule has 8 heteroatoms. The number of carboxylic acid groups (broad SMARTS) is 1. The number of hydrogen-bond acceptors (Lipinski definition) is 6. The van der Waals surface area contributed by atoms with E-state index in [1.54, 1.807) is 28.8 Å². The first-order valence-corrected chi connectivity index (χ1v) is 14.1. The second kappa shape index (κ2) is 12.8. The van der Waals surface area contributed by atoms with E-state index >= 15 is 0 Å². The number of hydrogen-bond donors (Lipinski definition) is 1. The van der Waals surface area contributed by atoms with Crippen molar-refractivity contribution in [1.29, 1.82) is 0 Å². The van der Waals surface area contributed by atoms with Gasteiger partial charge in [0.05, 0.1) is 0 Å². The lowest BCUT2D eigenvalue weighted by Gasteiger charge is -2.18. The number of carbonyl (C=O) groups is 3. The Labute approximate surface area is 233 Å². The maximum Gasteiger partial charge on any atom is 0.415 e. The highest BCUT2D eigenvalue weighted by molar-refractivity contribution is 7.98. The molecule has 0 saturated carbocycles. The molecule has 0 aromatic heterocycles. The predicted octanol–water partition coefficient (Wildman–Crippen LogP) is 6.05. The molecule has 3 aromatic rings. The molecule has 204 valence electrons. The normalized spacial score (nSPS) is 16.6. The number of likely N-dealkylation sites (tertiary alicyclic amines) is 1. The first-order chi connectivity index (χ1) is 18.7. The summed E-state index contributed by atoms with van der Waals surface area (Å²) >= 11 is 1.62. The molecule has 0 aliphatic carbocycles. The lowest BCUT2D eigenvalue weighted by atomic mass is 9.84. The van der Waals surface area contributed by atoms with Crippen LogP contribution in [0.5, 0.6) is 11.5 Å². The van der Waals surface area contributed by atoms with E-state index in [2.05, 4.69) is 0 Å². The van der Waals surface area contributed by atoms with Crippen LogP contribution in [0, 0.1) is 25.7 Å². The van der Waals surface area contributed by atoms with Crippen LogP contribution < -0.4 is 9.47 Å².